The number of aryl methyl sites for hydroxylation is 1. The van der Waals surface area contributed by atoms with Gasteiger partial charge in [0.2, 0.25) is 0 Å². The smallest absolute Gasteiger partial charge is 0.331 e. The maximum absolute atomic E-state index is 11.8. The third kappa shape index (κ3) is 6.50. The minimum absolute atomic E-state index is 0.0948. The summed E-state index contributed by atoms with van der Waals surface area (Å²) in [6.45, 7) is 1.43. The Balaban J connectivity index is 1.87. The zero-order valence-electron chi connectivity index (χ0n) is 15.6. The third-order valence-electron chi connectivity index (χ3n) is 3.54. The number of hydrogen-bond donors (Lipinski definition) is 1. The van der Waals surface area contributed by atoms with Crippen molar-refractivity contribution in [3.05, 3.63) is 59.7 Å². The van der Waals surface area contributed by atoms with Gasteiger partial charge in [-0.05, 0) is 48.4 Å². The highest BCUT2D eigenvalue weighted by Crippen LogP contribution is 2.28. The summed E-state index contributed by atoms with van der Waals surface area (Å²) in [4.78, 5) is 23.7. The fourth-order valence-electron chi connectivity index (χ4n) is 2.29. The van der Waals surface area contributed by atoms with Crippen molar-refractivity contribution in [2.45, 2.75) is 6.92 Å². The molecule has 0 unspecified atom stereocenters. The van der Waals surface area contributed by atoms with Gasteiger partial charge in [0.1, 0.15) is 6.07 Å². The molecule has 2 aromatic rings. The van der Waals surface area contributed by atoms with Crippen LogP contribution in [0.3, 0.4) is 0 Å². The van der Waals surface area contributed by atoms with Crippen LogP contribution in [0.25, 0.3) is 6.08 Å². The Labute approximate surface area is 163 Å². The normalized spacial score (nSPS) is 10.2. The number of anilines is 1. The van der Waals surface area contributed by atoms with Crippen LogP contribution in [0.15, 0.2) is 48.5 Å². The number of hydrogen-bond acceptors (Lipinski definition) is 6. The molecular formula is C21H20N2O5. The topological polar surface area (TPSA) is 97.7 Å². The standard InChI is InChI=1S/C21H20N2O5/c1-15-4-3-5-17(12-15)23-20(24)14-28-21(25)9-7-16-6-8-18(27-11-10-22)19(13-16)26-2/h3-9,12-13H,11,14H2,1-2H3,(H,23,24)/b9-7+. The minimum Gasteiger partial charge on any atom is -0.493 e. The summed E-state index contributed by atoms with van der Waals surface area (Å²) in [5.74, 6) is -0.212. The van der Waals surface area contributed by atoms with Crippen molar-refractivity contribution in [2.75, 3.05) is 25.6 Å². The lowest BCUT2D eigenvalue weighted by Gasteiger charge is -2.08. The van der Waals surface area contributed by atoms with Crippen LogP contribution in [0, 0.1) is 18.3 Å². The molecule has 0 saturated heterocycles. The van der Waals surface area contributed by atoms with Crippen LogP contribution in [-0.2, 0) is 14.3 Å². The number of nitrogens with one attached hydrogen (secondary N) is 1. The third-order valence-corrected chi connectivity index (χ3v) is 3.54. The Hall–Kier alpha value is -3.79. The van der Waals surface area contributed by atoms with E-state index >= 15 is 0 Å². The van der Waals surface area contributed by atoms with Gasteiger partial charge in [0.25, 0.3) is 5.91 Å². The van der Waals surface area contributed by atoms with Gasteiger partial charge in [-0.1, -0.05) is 18.2 Å². The second-order valence-corrected chi connectivity index (χ2v) is 5.72. The van der Waals surface area contributed by atoms with Crippen molar-refractivity contribution >= 4 is 23.6 Å². The lowest BCUT2D eigenvalue weighted by molar-refractivity contribution is -0.142. The summed E-state index contributed by atoms with van der Waals surface area (Å²) in [6, 6.07) is 14.2. The maximum atomic E-state index is 11.8. The van der Waals surface area contributed by atoms with Gasteiger partial charge in [0.15, 0.2) is 24.7 Å². The Morgan fingerprint density at radius 1 is 1.18 bits per heavy atom. The average Bonchev–Trinajstić information content (AvgIpc) is 2.69. The molecule has 28 heavy (non-hydrogen) atoms. The van der Waals surface area contributed by atoms with Crippen LogP contribution in [0.4, 0.5) is 5.69 Å². The lowest BCUT2D eigenvalue weighted by atomic mass is 10.2. The Kier molecular flexibility index (Phi) is 7.61. The van der Waals surface area contributed by atoms with E-state index in [0.29, 0.717) is 22.7 Å². The number of amides is 1. The van der Waals surface area contributed by atoms with Gasteiger partial charge < -0.3 is 19.5 Å². The van der Waals surface area contributed by atoms with Crippen LogP contribution < -0.4 is 14.8 Å². The predicted molar refractivity (Wildman–Crippen MR) is 104 cm³/mol. The molecule has 0 bridgehead atoms. The molecule has 0 aliphatic carbocycles. The number of nitriles is 1. The number of carbonyl (C=O) groups excluding carboxylic acids is 2. The molecule has 0 heterocycles. The quantitative estimate of drug-likeness (QED) is 0.558. The van der Waals surface area contributed by atoms with E-state index < -0.39 is 11.9 Å². The molecule has 0 aromatic heterocycles. The summed E-state index contributed by atoms with van der Waals surface area (Å²) in [5, 5.41) is 11.2. The number of carbonyl (C=O) groups is 2. The van der Waals surface area contributed by atoms with E-state index in [4.69, 9.17) is 19.5 Å². The van der Waals surface area contributed by atoms with E-state index in [-0.39, 0.29) is 13.2 Å². The van der Waals surface area contributed by atoms with E-state index in [1.165, 1.54) is 19.3 Å². The van der Waals surface area contributed by atoms with E-state index in [1.54, 1.807) is 24.3 Å². The monoisotopic (exact) mass is 380 g/mol. The molecule has 7 nitrogen and oxygen atoms in total. The molecule has 0 fully saturated rings. The molecule has 144 valence electrons. The van der Waals surface area contributed by atoms with Crippen LogP contribution >= 0.6 is 0 Å². The van der Waals surface area contributed by atoms with E-state index in [2.05, 4.69) is 5.32 Å². The van der Waals surface area contributed by atoms with E-state index in [0.717, 1.165) is 5.56 Å². The van der Waals surface area contributed by atoms with Crippen molar-refractivity contribution in [3.63, 3.8) is 0 Å². The molecule has 2 rings (SSSR count). The number of rotatable bonds is 8. The van der Waals surface area contributed by atoms with Crippen molar-refractivity contribution in [2.24, 2.45) is 0 Å². The molecular weight excluding hydrogens is 360 g/mol. The SMILES string of the molecule is COc1cc(/C=C/C(=O)OCC(=O)Nc2cccc(C)c2)ccc1OCC#N. The molecule has 7 heteroatoms. The minimum atomic E-state index is -0.650. The number of ether oxygens (including phenoxy) is 3. The van der Waals surface area contributed by atoms with Gasteiger partial charge in [-0.2, -0.15) is 5.26 Å². The van der Waals surface area contributed by atoms with Crippen LogP contribution in [0.2, 0.25) is 0 Å². The molecule has 0 saturated carbocycles. The average molecular weight is 380 g/mol. The number of methoxy groups -OCH3 is 1. The van der Waals surface area contributed by atoms with Crippen molar-refractivity contribution < 1.29 is 23.8 Å². The number of nitrogens with zero attached hydrogens (tertiary/aromatic N) is 1. The second kappa shape index (κ2) is 10.4. The molecule has 1 N–H and O–H groups in total. The first-order valence-electron chi connectivity index (χ1n) is 8.41. The Bertz CT molecular complexity index is 915. The van der Waals surface area contributed by atoms with E-state index in [9.17, 15) is 9.59 Å². The Morgan fingerprint density at radius 3 is 2.71 bits per heavy atom. The molecule has 0 spiro atoms. The fourth-order valence-corrected chi connectivity index (χ4v) is 2.29. The Morgan fingerprint density at radius 2 is 2.00 bits per heavy atom. The van der Waals surface area contributed by atoms with Gasteiger partial charge >= 0.3 is 5.97 Å². The highest BCUT2D eigenvalue weighted by Gasteiger charge is 2.07. The van der Waals surface area contributed by atoms with Gasteiger partial charge in [-0.15, -0.1) is 0 Å². The molecule has 0 atom stereocenters. The first-order valence-corrected chi connectivity index (χ1v) is 8.41. The largest absolute Gasteiger partial charge is 0.493 e. The molecule has 0 aliphatic heterocycles. The second-order valence-electron chi connectivity index (χ2n) is 5.72. The number of esters is 1. The van der Waals surface area contributed by atoms with Gasteiger partial charge in [0.05, 0.1) is 7.11 Å². The van der Waals surface area contributed by atoms with Crippen molar-refractivity contribution in [1.82, 2.24) is 0 Å². The molecule has 0 radical (unpaired) electrons. The summed E-state index contributed by atoms with van der Waals surface area (Å²) < 4.78 is 15.4. The summed E-state index contributed by atoms with van der Waals surface area (Å²) >= 11 is 0. The van der Waals surface area contributed by atoms with Crippen LogP contribution in [-0.4, -0.2) is 32.2 Å². The molecule has 0 aliphatic rings. The highest BCUT2D eigenvalue weighted by molar-refractivity contribution is 5.94. The fraction of sp³-hybridized carbons (Fsp3) is 0.190. The van der Waals surface area contributed by atoms with Crippen molar-refractivity contribution in [3.8, 4) is 17.6 Å². The van der Waals surface area contributed by atoms with Gasteiger partial charge in [-0.3, -0.25) is 4.79 Å². The van der Waals surface area contributed by atoms with E-state index in [1.807, 2.05) is 31.2 Å². The highest BCUT2D eigenvalue weighted by atomic mass is 16.5. The zero-order chi connectivity index (χ0) is 20.4. The summed E-state index contributed by atoms with van der Waals surface area (Å²) in [5.41, 5.74) is 2.32. The summed E-state index contributed by atoms with van der Waals surface area (Å²) in [6.07, 6.45) is 2.74. The maximum Gasteiger partial charge on any atom is 0.331 e. The van der Waals surface area contributed by atoms with Crippen molar-refractivity contribution in [1.29, 1.82) is 5.26 Å². The van der Waals surface area contributed by atoms with Gasteiger partial charge in [-0.25, -0.2) is 4.79 Å². The van der Waals surface area contributed by atoms with Crippen LogP contribution in [0.5, 0.6) is 11.5 Å². The van der Waals surface area contributed by atoms with Gasteiger partial charge in [0, 0.05) is 11.8 Å². The molecule has 2 aromatic carbocycles. The first-order chi connectivity index (χ1) is 13.5. The predicted octanol–water partition coefficient (Wildman–Crippen LogP) is 3.10. The number of benzene rings is 2. The lowest BCUT2D eigenvalue weighted by Crippen LogP contribution is -2.20. The summed E-state index contributed by atoms with van der Waals surface area (Å²) in [7, 11) is 1.48. The zero-order valence-corrected chi connectivity index (χ0v) is 15.6. The first kappa shape index (κ1) is 20.5. The molecule has 1 amide bonds. The van der Waals surface area contributed by atoms with Crippen LogP contribution in [0.1, 0.15) is 11.1 Å².